The summed E-state index contributed by atoms with van der Waals surface area (Å²) in [6.45, 7) is 5.14. The molecule has 0 saturated carbocycles. The Hall–Kier alpha value is -3.20. The molecule has 3 amide bonds. The predicted octanol–water partition coefficient (Wildman–Crippen LogP) is 3.35. The average Bonchev–Trinajstić information content (AvgIpc) is 3.23. The minimum atomic E-state index is -0.369. The lowest BCUT2D eigenvalue weighted by Gasteiger charge is -2.31. The third-order valence-electron chi connectivity index (χ3n) is 5.66. The van der Waals surface area contributed by atoms with Crippen LogP contribution in [0.15, 0.2) is 36.5 Å². The highest BCUT2D eigenvalue weighted by atomic mass is 16.5. The van der Waals surface area contributed by atoms with Crippen LogP contribution in [0.3, 0.4) is 0 Å². The first-order valence-corrected chi connectivity index (χ1v) is 11.0. The SMILES string of the molecule is CCC(C)N(CC(=O)N(CCOC)Cc1cccn1C)C(=O)Nc1ccc(OC)cc1OC. The van der Waals surface area contributed by atoms with Gasteiger partial charge >= 0.3 is 6.03 Å². The fourth-order valence-corrected chi connectivity index (χ4v) is 3.33. The van der Waals surface area contributed by atoms with Gasteiger partial charge in [0.25, 0.3) is 0 Å². The number of hydrogen-bond acceptors (Lipinski definition) is 5. The summed E-state index contributed by atoms with van der Waals surface area (Å²) in [5.74, 6) is 0.947. The first-order valence-electron chi connectivity index (χ1n) is 11.0. The van der Waals surface area contributed by atoms with E-state index in [0.717, 1.165) is 5.69 Å². The number of anilines is 1. The summed E-state index contributed by atoms with van der Waals surface area (Å²) < 4.78 is 17.8. The minimum absolute atomic E-state index is 0.0482. The predicted molar refractivity (Wildman–Crippen MR) is 128 cm³/mol. The Morgan fingerprint density at radius 1 is 1.15 bits per heavy atom. The molecule has 0 spiro atoms. The van der Waals surface area contributed by atoms with Crippen molar-refractivity contribution in [1.82, 2.24) is 14.4 Å². The van der Waals surface area contributed by atoms with Crippen LogP contribution in [0.1, 0.15) is 26.0 Å². The van der Waals surface area contributed by atoms with Gasteiger partial charge in [0.1, 0.15) is 18.0 Å². The monoisotopic (exact) mass is 460 g/mol. The molecule has 0 saturated heterocycles. The maximum atomic E-state index is 13.3. The Bertz CT molecular complexity index is 914. The lowest BCUT2D eigenvalue weighted by molar-refractivity contribution is -0.133. The molecular formula is C24H36N4O5. The second-order valence-corrected chi connectivity index (χ2v) is 7.80. The van der Waals surface area contributed by atoms with Gasteiger partial charge in [-0.15, -0.1) is 0 Å². The number of amides is 3. The topological polar surface area (TPSA) is 85.3 Å². The standard InChI is InChI=1S/C24H36N4O5/c1-7-18(2)28(24(30)25-21-11-10-20(32-5)15-22(21)33-6)17-23(29)27(13-14-31-4)16-19-9-8-12-26(19)3/h8-12,15,18H,7,13-14,16-17H2,1-6H3,(H,25,30). The second kappa shape index (κ2) is 12.7. The number of aromatic nitrogens is 1. The lowest BCUT2D eigenvalue weighted by atomic mass is 10.2. The summed E-state index contributed by atoms with van der Waals surface area (Å²) in [6.07, 6.45) is 2.64. The number of hydrogen-bond donors (Lipinski definition) is 1. The van der Waals surface area contributed by atoms with Crippen LogP contribution in [0.5, 0.6) is 11.5 Å². The summed E-state index contributed by atoms with van der Waals surface area (Å²) in [7, 11) is 6.63. The van der Waals surface area contributed by atoms with Crippen LogP contribution in [0.4, 0.5) is 10.5 Å². The van der Waals surface area contributed by atoms with Crippen LogP contribution in [-0.4, -0.2) is 73.4 Å². The Balaban J connectivity index is 2.19. The van der Waals surface area contributed by atoms with Crippen molar-refractivity contribution in [3.05, 3.63) is 42.2 Å². The molecule has 1 N–H and O–H groups in total. The minimum Gasteiger partial charge on any atom is -0.497 e. The van der Waals surface area contributed by atoms with Gasteiger partial charge in [-0.25, -0.2) is 4.79 Å². The number of methoxy groups -OCH3 is 3. The van der Waals surface area contributed by atoms with Crippen LogP contribution in [-0.2, 0) is 23.1 Å². The largest absolute Gasteiger partial charge is 0.497 e. The summed E-state index contributed by atoms with van der Waals surface area (Å²) in [4.78, 5) is 29.8. The van der Waals surface area contributed by atoms with Gasteiger partial charge in [-0.05, 0) is 37.6 Å². The number of aryl methyl sites for hydroxylation is 1. The van der Waals surface area contributed by atoms with Crippen LogP contribution >= 0.6 is 0 Å². The quantitative estimate of drug-likeness (QED) is 0.525. The molecule has 9 heteroatoms. The molecule has 0 fully saturated rings. The van der Waals surface area contributed by atoms with Gasteiger partial charge in [0.15, 0.2) is 0 Å². The van der Waals surface area contributed by atoms with Gasteiger partial charge in [0, 0.05) is 44.7 Å². The van der Waals surface area contributed by atoms with E-state index >= 15 is 0 Å². The van der Waals surface area contributed by atoms with Crippen LogP contribution in [0.25, 0.3) is 0 Å². The summed E-state index contributed by atoms with van der Waals surface area (Å²) in [5.41, 5.74) is 1.51. The Morgan fingerprint density at radius 2 is 1.91 bits per heavy atom. The molecule has 1 aromatic carbocycles. The highest BCUT2D eigenvalue weighted by molar-refractivity contribution is 5.94. The summed E-state index contributed by atoms with van der Waals surface area (Å²) in [5, 5.41) is 2.88. The van der Waals surface area contributed by atoms with Crippen molar-refractivity contribution in [2.45, 2.75) is 32.9 Å². The van der Waals surface area contributed by atoms with E-state index in [1.54, 1.807) is 42.2 Å². The van der Waals surface area contributed by atoms with Gasteiger partial charge in [-0.2, -0.15) is 0 Å². The van der Waals surface area contributed by atoms with E-state index in [1.807, 2.05) is 43.8 Å². The van der Waals surface area contributed by atoms with Crippen molar-refractivity contribution >= 4 is 17.6 Å². The van der Waals surface area contributed by atoms with Crippen molar-refractivity contribution in [3.63, 3.8) is 0 Å². The molecule has 33 heavy (non-hydrogen) atoms. The van der Waals surface area contributed by atoms with Crippen LogP contribution < -0.4 is 14.8 Å². The third-order valence-corrected chi connectivity index (χ3v) is 5.66. The smallest absolute Gasteiger partial charge is 0.322 e. The van der Waals surface area contributed by atoms with E-state index in [0.29, 0.717) is 43.3 Å². The van der Waals surface area contributed by atoms with E-state index in [-0.39, 0.29) is 24.5 Å². The normalized spacial score (nSPS) is 11.6. The maximum absolute atomic E-state index is 13.3. The van der Waals surface area contributed by atoms with Crippen molar-refractivity contribution in [3.8, 4) is 11.5 Å². The number of rotatable bonds is 12. The molecular weight excluding hydrogens is 424 g/mol. The number of benzene rings is 1. The highest BCUT2D eigenvalue weighted by Crippen LogP contribution is 2.29. The zero-order valence-electron chi connectivity index (χ0n) is 20.5. The second-order valence-electron chi connectivity index (χ2n) is 7.80. The molecule has 0 aliphatic heterocycles. The van der Waals surface area contributed by atoms with Crippen molar-refractivity contribution in [2.24, 2.45) is 7.05 Å². The molecule has 2 rings (SSSR count). The van der Waals surface area contributed by atoms with E-state index in [9.17, 15) is 9.59 Å². The first-order chi connectivity index (χ1) is 15.8. The lowest BCUT2D eigenvalue weighted by Crippen LogP contribution is -2.48. The number of ether oxygens (including phenoxy) is 3. The Morgan fingerprint density at radius 3 is 2.48 bits per heavy atom. The number of nitrogens with zero attached hydrogens (tertiary/aromatic N) is 3. The van der Waals surface area contributed by atoms with E-state index in [2.05, 4.69) is 5.32 Å². The average molecular weight is 461 g/mol. The zero-order chi connectivity index (χ0) is 24.4. The summed E-state index contributed by atoms with van der Waals surface area (Å²) in [6, 6.07) is 8.55. The van der Waals surface area contributed by atoms with Crippen molar-refractivity contribution in [1.29, 1.82) is 0 Å². The third kappa shape index (κ3) is 7.15. The number of carbonyl (C=O) groups is 2. The van der Waals surface area contributed by atoms with E-state index in [4.69, 9.17) is 14.2 Å². The van der Waals surface area contributed by atoms with Crippen LogP contribution in [0.2, 0.25) is 0 Å². The van der Waals surface area contributed by atoms with Crippen LogP contribution in [0, 0.1) is 0 Å². The molecule has 182 valence electrons. The fraction of sp³-hybridized carbons (Fsp3) is 0.500. The Kier molecular flexibility index (Phi) is 10.1. The molecule has 0 radical (unpaired) electrons. The van der Waals surface area contributed by atoms with Gasteiger partial charge in [-0.3, -0.25) is 4.79 Å². The number of carbonyl (C=O) groups excluding carboxylic acids is 2. The van der Waals surface area contributed by atoms with E-state index < -0.39 is 0 Å². The first kappa shape index (κ1) is 26.1. The van der Waals surface area contributed by atoms with Gasteiger partial charge in [0.2, 0.25) is 5.91 Å². The molecule has 0 aliphatic carbocycles. The number of nitrogens with one attached hydrogen (secondary N) is 1. The molecule has 1 heterocycles. The zero-order valence-corrected chi connectivity index (χ0v) is 20.5. The van der Waals surface area contributed by atoms with Crippen molar-refractivity contribution in [2.75, 3.05) is 46.3 Å². The molecule has 2 aromatic rings. The van der Waals surface area contributed by atoms with Crippen molar-refractivity contribution < 1.29 is 23.8 Å². The van der Waals surface area contributed by atoms with E-state index in [1.165, 1.54) is 7.11 Å². The van der Waals surface area contributed by atoms with Gasteiger partial charge < -0.3 is 33.9 Å². The molecule has 0 bridgehead atoms. The maximum Gasteiger partial charge on any atom is 0.322 e. The summed E-state index contributed by atoms with van der Waals surface area (Å²) >= 11 is 0. The fourth-order valence-electron chi connectivity index (χ4n) is 3.33. The molecule has 1 aromatic heterocycles. The molecule has 1 atom stereocenters. The van der Waals surface area contributed by atoms with Gasteiger partial charge in [-0.1, -0.05) is 6.92 Å². The van der Waals surface area contributed by atoms with Gasteiger partial charge in [0.05, 0.1) is 33.1 Å². The molecule has 0 aliphatic rings. The highest BCUT2D eigenvalue weighted by Gasteiger charge is 2.26. The number of urea groups is 1. The molecule has 9 nitrogen and oxygen atoms in total. The molecule has 1 unspecified atom stereocenters. The Labute approximate surface area is 196 Å².